The Kier molecular flexibility index (Phi) is 6.18. The molecule has 11 rings (SSSR count). The topological polar surface area (TPSA) is 56.7 Å². The van der Waals surface area contributed by atoms with E-state index in [9.17, 15) is 0 Å². The number of aromatic nitrogens is 4. The minimum Gasteiger partial charge on any atom is -0.456 e. The second-order valence-corrected chi connectivity index (χ2v) is 13.2. The predicted molar refractivity (Wildman–Crippen MR) is 213 cm³/mol. The van der Waals surface area contributed by atoms with Gasteiger partial charge in [-0.15, -0.1) is 0 Å². The van der Waals surface area contributed by atoms with E-state index in [4.69, 9.17) is 19.4 Å². The van der Waals surface area contributed by atoms with E-state index in [2.05, 4.69) is 102 Å². The van der Waals surface area contributed by atoms with E-state index in [0.717, 1.165) is 55.3 Å². The molecule has 0 aliphatic carbocycles. The molecule has 8 aromatic carbocycles. The van der Waals surface area contributed by atoms with Gasteiger partial charge in [0.25, 0.3) is 0 Å². The first kappa shape index (κ1) is 28.7. The summed E-state index contributed by atoms with van der Waals surface area (Å²) in [7, 11) is 0. The zero-order valence-corrected chi connectivity index (χ0v) is 27.9. The van der Waals surface area contributed by atoms with Crippen molar-refractivity contribution in [3.8, 4) is 39.9 Å². The highest BCUT2D eigenvalue weighted by Gasteiger charge is 2.21. The average Bonchev–Trinajstić information content (AvgIpc) is 3.77. The highest BCUT2D eigenvalue weighted by Crippen LogP contribution is 2.42. The predicted octanol–water partition coefficient (Wildman–Crippen LogP) is 12.2. The smallest absolute Gasteiger partial charge is 0.164 e. The van der Waals surface area contributed by atoms with Gasteiger partial charge < -0.3 is 8.98 Å². The van der Waals surface area contributed by atoms with Crippen LogP contribution in [0.2, 0.25) is 0 Å². The minimum atomic E-state index is 0.603. The molecule has 242 valence electrons. The van der Waals surface area contributed by atoms with E-state index in [-0.39, 0.29) is 0 Å². The zero-order valence-electron chi connectivity index (χ0n) is 27.9. The summed E-state index contributed by atoms with van der Waals surface area (Å²) in [5.74, 6) is 1.86. The Labute approximate surface area is 298 Å². The highest BCUT2D eigenvalue weighted by atomic mass is 16.3. The number of hydrogen-bond donors (Lipinski definition) is 0. The Balaban J connectivity index is 1.15. The van der Waals surface area contributed by atoms with Gasteiger partial charge in [-0.05, 0) is 51.9 Å². The second kappa shape index (κ2) is 11.2. The molecule has 0 N–H and O–H groups in total. The monoisotopic (exact) mass is 664 g/mol. The number of benzene rings is 8. The molecule has 3 heterocycles. The molecule has 0 fully saturated rings. The van der Waals surface area contributed by atoms with Crippen molar-refractivity contribution in [1.82, 2.24) is 19.5 Å². The number of furan rings is 1. The molecule has 0 unspecified atom stereocenters. The summed E-state index contributed by atoms with van der Waals surface area (Å²) in [4.78, 5) is 15.0. The van der Waals surface area contributed by atoms with Crippen LogP contribution in [0.4, 0.5) is 0 Å². The van der Waals surface area contributed by atoms with Crippen LogP contribution >= 0.6 is 0 Å². The van der Waals surface area contributed by atoms with Crippen LogP contribution < -0.4 is 0 Å². The summed E-state index contributed by atoms with van der Waals surface area (Å²) in [6, 6.07) is 59.1. The van der Waals surface area contributed by atoms with Crippen LogP contribution in [0.25, 0.3) is 105 Å². The summed E-state index contributed by atoms with van der Waals surface area (Å²) in [6.07, 6.45) is 0. The normalized spacial score (nSPS) is 11.8. The van der Waals surface area contributed by atoms with E-state index >= 15 is 0 Å². The fourth-order valence-corrected chi connectivity index (χ4v) is 7.90. The molecule has 0 atom stereocenters. The molecule has 0 saturated heterocycles. The van der Waals surface area contributed by atoms with Crippen molar-refractivity contribution in [2.24, 2.45) is 0 Å². The zero-order chi connectivity index (χ0) is 34.2. The summed E-state index contributed by atoms with van der Waals surface area (Å²) >= 11 is 0. The number of hydrogen-bond acceptors (Lipinski definition) is 4. The molecule has 0 amide bonds. The van der Waals surface area contributed by atoms with Gasteiger partial charge in [0.1, 0.15) is 11.2 Å². The molecule has 3 aromatic heterocycles. The second-order valence-electron chi connectivity index (χ2n) is 13.2. The Hall–Kier alpha value is -7.11. The molecule has 5 heteroatoms. The van der Waals surface area contributed by atoms with Crippen LogP contribution in [0.1, 0.15) is 0 Å². The first-order chi connectivity index (χ1) is 25.8. The first-order valence-electron chi connectivity index (χ1n) is 17.5. The third-order valence-corrected chi connectivity index (χ3v) is 10.2. The Bertz CT molecular complexity index is 3030. The van der Waals surface area contributed by atoms with Crippen molar-refractivity contribution >= 4 is 65.3 Å². The minimum absolute atomic E-state index is 0.603. The van der Waals surface area contributed by atoms with Crippen molar-refractivity contribution in [1.29, 1.82) is 0 Å². The summed E-state index contributed by atoms with van der Waals surface area (Å²) in [5, 5.41) is 9.46. The van der Waals surface area contributed by atoms with E-state index in [1.54, 1.807) is 0 Å². The molecule has 0 bridgehead atoms. The quantitative estimate of drug-likeness (QED) is 0.188. The van der Waals surface area contributed by atoms with Crippen molar-refractivity contribution in [3.63, 3.8) is 0 Å². The summed E-state index contributed by atoms with van der Waals surface area (Å²) in [6.45, 7) is 0. The van der Waals surface area contributed by atoms with Crippen molar-refractivity contribution in [3.05, 3.63) is 170 Å². The third kappa shape index (κ3) is 4.33. The van der Waals surface area contributed by atoms with Gasteiger partial charge >= 0.3 is 0 Å². The van der Waals surface area contributed by atoms with Gasteiger partial charge in [-0.3, -0.25) is 0 Å². The Morgan fingerprint density at radius 2 is 0.942 bits per heavy atom. The molecule has 0 spiro atoms. The van der Waals surface area contributed by atoms with E-state index in [1.807, 2.05) is 72.8 Å². The molecular weight excluding hydrogens is 637 g/mol. The molecule has 0 aliphatic heterocycles. The van der Waals surface area contributed by atoms with E-state index < -0.39 is 0 Å². The maximum Gasteiger partial charge on any atom is 0.164 e. The molecule has 11 aromatic rings. The van der Waals surface area contributed by atoms with Gasteiger partial charge in [0, 0.05) is 50.0 Å². The Morgan fingerprint density at radius 1 is 0.385 bits per heavy atom. The van der Waals surface area contributed by atoms with Crippen molar-refractivity contribution < 1.29 is 4.42 Å². The molecule has 0 aliphatic rings. The molecule has 0 saturated carbocycles. The highest BCUT2D eigenvalue weighted by molar-refractivity contribution is 6.28. The van der Waals surface area contributed by atoms with Gasteiger partial charge in [0.2, 0.25) is 0 Å². The standard InChI is InChI=1S/C47H28N4O/c1-3-14-31(15-4-1)45-48-46(32-16-5-2-6-17-32)50-47(49-45)37-20-11-21-40-42(37)36-25-24-33(28-41(36)52-40)51-38-26-22-29-12-7-9-18-34(29)43(38)44-35-19-10-8-13-30(35)23-27-39(44)51/h1-28H. The van der Waals surface area contributed by atoms with Gasteiger partial charge in [-0.25, -0.2) is 15.0 Å². The molecular formula is C47H28N4O. The van der Waals surface area contributed by atoms with Crippen LogP contribution in [-0.4, -0.2) is 19.5 Å². The molecule has 52 heavy (non-hydrogen) atoms. The van der Waals surface area contributed by atoms with Crippen LogP contribution in [0, 0.1) is 0 Å². The third-order valence-electron chi connectivity index (χ3n) is 10.2. The summed E-state index contributed by atoms with van der Waals surface area (Å²) in [5.41, 5.74) is 7.71. The lowest BCUT2D eigenvalue weighted by Gasteiger charge is -2.10. The average molecular weight is 665 g/mol. The van der Waals surface area contributed by atoms with Gasteiger partial charge in [0.05, 0.1) is 11.0 Å². The maximum atomic E-state index is 6.66. The van der Waals surface area contributed by atoms with E-state index in [0.29, 0.717) is 17.5 Å². The SMILES string of the molecule is c1ccc(-c2nc(-c3ccccc3)nc(-c3cccc4oc5cc(-n6c7ccc8ccccc8c7c7c8ccccc8ccc76)ccc5c34)n2)cc1. The fourth-order valence-electron chi connectivity index (χ4n) is 7.90. The van der Waals surface area contributed by atoms with Crippen LogP contribution in [0.3, 0.4) is 0 Å². The van der Waals surface area contributed by atoms with Crippen molar-refractivity contribution in [2.45, 2.75) is 0 Å². The lowest BCUT2D eigenvalue weighted by atomic mass is 10.00. The molecule has 0 radical (unpaired) electrons. The number of fused-ring (bicyclic) bond motifs is 10. The molecule has 5 nitrogen and oxygen atoms in total. The number of rotatable bonds is 4. The van der Waals surface area contributed by atoms with Gasteiger partial charge in [-0.2, -0.15) is 0 Å². The maximum absolute atomic E-state index is 6.66. The van der Waals surface area contributed by atoms with Crippen LogP contribution in [-0.2, 0) is 0 Å². The number of nitrogens with zero attached hydrogens (tertiary/aromatic N) is 4. The lowest BCUT2D eigenvalue weighted by Crippen LogP contribution is -2.00. The van der Waals surface area contributed by atoms with Crippen LogP contribution in [0.15, 0.2) is 174 Å². The van der Waals surface area contributed by atoms with Crippen LogP contribution in [0.5, 0.6) is 0 Å². The summed E-state index contributed by atoms with van der Waals surface area (Å²) < 4.78 is 9.04. The van der Waals surface area contributed by atoms with Gasteiger partial charge in [-0.1, -0.05) is 133 Å². The van der Waals surface area contributed by atoms with E-state index in [1.165, 1.54) is 32.3 Å². The lowest BCUT2D eigenvalue weighted by molar-refractivity contribution is 0.668. The first-order valence-corrected chi connectivity index (χ1v) is 17.5. The largest absolute Gasteiger partial charge is 0.456 e. The van der Waals surface area contributed by atoms with Crippen molar-refractivity contribution in [2.75, 3.05) is 0 Å². The Morgan fingerprint density at radius 3 is 1.56 bits per heavy atom. The fraction of sp³-hybridized carbons (Fsp3) is 0. The van der Waals surface area contributed by atoms with Gasteiger partial charge in [0.15, 0.2) is 17.5 Å².